The van der Waals surface area contributed by atoms with Gasteiger partial charge < -0.3 is 5.11 Å². The van der Waals surface area contributed by atoms with E-state index >= 15 is 0 Å². The summed E-state index contributed by atoms with van der Waals surface area (Å²) in [7, 11) is 0. The highest BCUT2D eigenvalue weighted by molar-refractivity contribution is 5.74. The summed E-state index contributed by atoms with van der Waals surface area (Å²) >= 11 is 0. The first-order valence-electron chi connectivity index (χ1n) is 9.25. The first kappa shape index (κ1) is 17.3. The van der Waals surface area contributed by atoms with Crippen molar-refractivity contribution in [1.29, 1.82) is 0 Å². The molecule has 4 rings (SSSR count). The Morgan fingerprint density at radius 2 is 1.44 bits per heavy atom. The Morgan fingerprint density at radius 1 is 0.852 bits per heavy atom. The molecule has 0 unspecified atom stereocenters. The lowest BCUT2D eigenvalue weighted by molar-refractivity contribution is 0.465. The van der Waals surface area contributed by atoms with E-state index in [0.29, 0.717) is 5.69 Å². The molecule has 0 saturated carbocycles. The highest BCUT2D eigenvalue weighted by Gasteiger charge is 2.28. The standard InChI is InChI=1S/C23H23N3O/c1-4-17-18(23(2,3)16-10-6-5-7-11-16)14-15-21(27)22(17)26-24-19-12-8-9-13-20(19)25-26/h5-15,27H,4H2,1-3H3. The van der Waals surface area contributed by atoms with Gasteiger partial charge in [0.05, 0.1) is 0 Å². The number of hydrogen-bond donors (Lipinski definition) is 1. The van der Waals surface area contributed by atoms with Crippen LogP contribution in [0, 0.1) is 0 Å². The molecule has 0 amide bonds. The second-order valence-corrected chi connectivity index (χ2v) is 7.28. The van der Waals surface area contributed by atoms with Gasteiger partial charge in [-0.1, -0.05) is 69.3 Å². The zero-order chi connectivity index (χ0) is 19.0. The summed E-state index contributed by atoms with van der Waals surface area (Å²) in [5.41, 5.74) is 5.54. The lowest BCUT2D eigenvalue weighted by Gasteiger charge is -2.29. The van der Waals surface area contributed by atoms with Crippen molar-refractivity contribution < 1.29 is 5.11 Å². The quantitative estimate of drug-likeness (QED) is 0.558. The topological polar surface area (TPSA) is 50.9 Å². The Labute approximate surface area is 159 Å². The number of aromatic hydroxyl groups is 1. The van der Waals surface area contributed by atoms with Gasteiger partial charge in [-0.3, -0.25) is 0 Å². The monoisotopic (exact) mass is 357 g/mol. The third-order valence-corrected chi connectivity index (χ3v) is 5.27. The van der Waals surface area contributed by atoms with E-state index in [2.05, 4.69) is 55.2 Å². The van der Waals surface area contributed by atoms with Crippen LogP contribution in [0.4, 0.5) is 0 Å². The first-order chi connectivity index (χ1) is 13.0. The lowest BCUT2D eigenvalue weighted by Crippen LogP contribution is -2.22. The fraction of sp³-hybridized carbons (Fsp3) is 0.217. The molecule has 0 bridgehead atoms. The molecule has 0 spiro atoms. The van der Waals surface area contributed by atoms with E-state index in [9.17, 15) is 5.11 Å². The number of fused-ring (bicyclic) bond motifs is 1. The van der Waals surface area contributed by atoms with Crippen molar-refractivity contribution in [3.8, 4) is 11.4 Å². The van der Waals surface area contributed by atoms with Crippen molar-refractivity contribution in [2.75, 3.05) is 0 Å². The molecule has 1 aromatic heterocycles. The minimum Gasteiger partial charge on any atom is -0.506 e. The van der Waals surface area contributed by atoms with Gasteiger partial charge in [-0.05, 0) is 41.3 Å². The van der Waals surface area contributed by atoms with Crippen LogP contribution in [0.2, 0.25) is 0 Å². The molecule has 1 N–H and O–H groups in total. The molecule has 0 saturated heterocycles. The van der Waals surface area contributed by atoms with E-state index in [-0.39, 0.29) is 11.2 Å². The molecular weight excluding hydrogens is 334 g/mol. The van der Waals surface area contributed by atoms with Crippen molar-refractivity contribution >= 4 is 11.0 Å². The zero-order valence-electron chi connectivity index (χ0n) is 15.8. The summed E-state index contributed by atoms with van der Waals surface area (Å²) in [6.07, 6.45) is 0.771. The Hall–Kier alpha value is -3.14. The molecule has 0 aliphatic rings. The van der Waals surface area contributed by atoms with E-state index < -0.39 is 0 Å². The van der Waals surface area contributed by atoms with Gasteiger partial charge >= 0.3 is 0 Å². The number of nitrogens with zero attached hydrogens (tertiary/aromatic N) is 3. The molecule has 27 heavy (non-hydrogen) atoms. The minimum atomic E-state index is -0.207. The number of rotatable bonds is 4. The first-order valence-corrected chi connectivity index (χ1v) is 9.25. The van der Waals surface area contributed by atoms with Gasteiger partial charge in [0.2, 0.25) is 0 Å². The van der Waals surface area contributed by atoms with E-state index in [1.807, 2.05) is 36.4 Å². The van der Waals surface area contributed by atoms with Crippen molar-refractivity contribution in [2.45, 2.75) is 32.6 Å². The second kappa shape index (κ2) is 6.54. The van der Waals surface area contributed by atoms with Crippen LogP contribution < -0.4 is 0 Å². The highest BCUT2D eigenvalue weighted by atomic mass is 16.3. The summed E-state index contributed by atoms with van der Waals surface area (Å²) < 4.78 is 0. The third kappa shape index (κ3) is 2.87. The Kier molecular flexibility index (Phi) is 4.19. The van der Waals surface area contributed by atoms with Gasteiger partial charge in [0.25, 0.3) is 0 Å². The van der Waals surface area contributed by atoms with E-state index in [1.54, 1.807) is 10.9 Å². The van der Waals surface area contributed by atoms with E-state index in [0.717, 1.165) is 23.0 Å². The molecule has 4 heteroatoms. The Balaban J connectivity index is 1.94. The number of hydrogen-bond acceptors (Lipinski definition) is 3. The van der Waals surface area contributed by atoms with E-state index in [1.165, 1.54) is 11.1 Å². The molecule has 0 atom stereocenters. The fourth-order valence-corrected chi connectivity index (χ4v) is 3.76. The molecular formula is C23H23N3O. The highest BCUT2D eigenvalue weighted by Crippen LogP contribution is 2.39. The van der Waals surface area contributed by atoms with Crippen LogP contribution in [-0.2, 0) is 11.8 Å². The van der Waals surface area contributed by atoms with Gasteiger partial charge in [-0.15, -0.1) is 15.0 Å². The van der Waals surface area contributed by atoms with Crippen LogP contribution in [-0.4, -0.2) is 20.1 Å². The molecule has 3 aromatic carbocycles. The normalized spacial score (nSPS) is 11.8. The maximum absolute atomic E-state index is 10.7. The molecule has 0 aliphatic heterocycles. The fourth-order valence-electron chi connectivity index (χ4n) is 3.76. The zero-order valence-corrected chi connectivity index (χ0v) is 15.8. The molecule has 1 heterocycles. The molecule has 0 radical (unpaired) electrons. The van der Waals surface area contributed by atoms with Gasteiger partial charge in [0.15, 0.2) is 0 Å². The van der Waals surface area contributed by atoms with Crippen LogP contribution in [0.15, 0.2) is 66.7 Å². The van der Waals surface area contributed by atoms with Crippen LogP contribution in [0.1, 0.15) is 37.5 Å². The molecule has 0 fully saturated rings. The van der Waals surface area contributed by atoms with Crippen LogP contribution in [0.25, 0.3) is 16.7 Å². The number of benzene rings is 3. The maximum atomic E-state index is 10.7. The van der Waals surface area contributed by atoms with Gasteiger partial charge in [0.1, 0.15) is 22.5 Å². The predicted octanol–water partition coefficient (Wildman–Crippen LogP) is 5.01. The van der Waals surface area contributed by atoms with E-state index in [4.69, 9.17) is 0 Å². The smallest absolute Gasteiger partial charge is 0.143 e. The lowest BCUT2D eigenvalue weighted by atomic mass is 9.75. The average molecular weight is 357 g/mol. The largest absolute Gasteiger partial charge is 0.506 e. The predicted molar refractivity (Wildman–Crippen MR) is 108 cm³/mol. The summed E-state index contributed by atoms with van der Waals surface area (Å²) in [5, 5.41) is 19.8. The third-order valence-electron chi connectivity index (χ3n) is 5.27. The van der Waals surface area contributed by atoms with Crippen LogP contribution in [0.5, 0.6) is 5.75 Å². The summed E-state index contributed by atoms with van der Waals surface area (Å²) in [6.45, 7) is 6.53. The Morgan fingerprint density at radius 3 is 2.04 bits per heavy atom. The number of aromatic nitrogens is 3. The summed E-state index contributed by atoms with van der Waals surface area (Å²) in [4.78, 5) is 1.57. The molecule has 4 nitrogen and oxygen atoms in total. The minimum absolute atomic E-state index is 0.194. The van der Waals surface area contributed by atoms with Crippen molar-refractivity contribution in [2.24, 2.45) is 0 Å². The SMILES string of the molecule is CCc1c(C(C)(C)c2ccccc2)ccc(O)c1-n1nc2ccccc2n1. The molecule has 136 valence electrons. The van der Waals surface area contributed by atoms with Gasteiger partial charge in [-0.2, -0.15) is 0 Å². The molecule has 4 aromatic rings. The van der Waals surface area contributed by atoms with Crippen molar-refractivity contribution in [3.63, 3.8) is 0 Å². The van der Waals surface area contributed by atoms with Crippen molar-refractivity contribution in [3.05, 3.63) is 83.4 Å². The van der Waals surface area contributed by atoms with Crippen LogP contribution in [0.3, 0.4) is 0 Å². The number of phenolic OH excluding ortho intramolecular Hbond substituents is 1. The summed E-state index contributed by atoms with van der Waals surface area (Å²) in [6, 6.07) is 22.0. The van der Waals surface area contributed by atoms with Crippen molar-refractivity contribution in [1.82, 2.24) is 15.0 Å². The summed E-state index contributed by atoms with van der Waals surface area (Å²) in [5.74, 6) is 0.194. The Bertz CT molecular complexity index is 1060. The number of phenols is 1. The molecule has 0 aliphatic carbocycles. The average Bonchev–Trinajstić information content (AvgIpc) is 3.11. The van der Waals surface area contributed by atoms with Crippen LogP contribution >= 0.6 is 0 Å². The maximum Gasteiger partial charge on any atom is 0.143 e. The second-order valence-electron chi connectivity index (χ2n) is 7.28. The van der Waals surface area contributed by atoms with Gasteiger partial charge in [-0.25, -0.2) is 0 Å². The van der Waals surface area contributed by atoms with Gasteiger partial charge in [0, 0.05) is 5.41 Å².